The zero-order chi connectivity index (χ0) is 35.6. The van der Waals surface area contributed by atoms with Crippen LogP contribution in [0.5, 0.6) is 0 Å². The highest BCUT2D eigenvalue weighted by Crippen LogP contribution is 2.40. The second-order valence-corrected chi connectivity index (χ2v) is 13.4. The van der Waals surface area contributed by atoms with Crippen LogP contribution in [0.15, 0.2) is 179 Å². The van der Waals surface area contributed by atoms with E-state index in [2.05, 4.69) is 89.9 Å². The summed E-state index contributed by atoms with van der Waals surface area (Å²) in [6.45, 7) is 0. The van der Waals surface area contributed by atoms with Crippen molar-refractivity contribution in [1.82, 2.24) is 19.9 Å². The summed E-state index contributed by atoms with van der Waals surface area (Å²) in [6.07, 6.45) is 1.74. The first-order valence-electron chi connectivity index (χ1n) is 17.9. The zero-order valence-electron chi connectivity index (χ0n) is 28.8. The Hall–Kier alpha value is -7.44. The van der Waals surface area contributed by atoms with Gasteiger partial charge < -0.3 is 8.83 Å². The molecule has 0 bridgehead atoms. The first kappa shape index (κ1) is 30.2. The van der Waals surface area contributed by atoms with Crippen LogP contribution >= 0.6 is 0 Å². The van der Waals surface area contributed by atoms with E-state index in [4.69, 9.17) is 23.8 Å². The standard InChI is InChI=1S/C48H28N4O2/c1-2-11-31(12-3-1)45-50-46(52-47(51-45)38-17-9-21-42-44(38)39-18-10-28-49-48(39)54-42)36-27-26-32(34-13-4-5-14-35(34)36)29-22-24-30(25-23-29)33-16-8-20-41-43(33)37-15-6-7-19-40(37)53-41/h1-28H. The lowest BCUT2D eigenvalue weighted by Gasteiger charge is -2.14. The van der Waals surface area contributed by atoms with Crippen molar-refractivity contribution in [3.63, 3.8) is 0 Å². The predicted molar refractivity (Wildman–Crippen MR) is 217 cm³/mol. The van der Waals surface area contributed by atoms with Gasteiger partial charge in [-0.3, -0.25) is 0 Å². The lowest BCUT2D eigenvalue weighted by Crippen LogP contribution is -2.01. The van der Waals surface area contributed by atoms with Crippen molar-refractivity contribution in [1.29, 1.82) is 0 Å². The number of pyridine rings is 1. The number of aromatic nitrogens is 4. The zero-order valence-corrected chi connectivity index (χ0v) is 28.8. The molecule has 0 amide bonds. The highest BCUT2D eigenvalue weighted by atomic mass is 16.3. The molecule has 0 saturated carbocycles. The number of hydrogen-bond donors (Lipinski definition) is 0. The van der Waals surface area contributed by atoms with Gasteiger partial charge in [-0.25, -0.2) is 19.9 Å². The van der Waals surface area contributed by atoms with E-state index in [1.807, 2.05) is 78.9 Å². The third-order valence-electron chi connectivity index (χ3n) is 10.3. The summed E-state index contributed by atoms with van der Waals surface area (Å²) in [5, 5.41) is 6.28. The van der Waals surface area contributed by atoms with Crippen molar-refractivity contribution < 1.29 is 8.83 Å². The number of rotatable bonds is 5. The van der Waals surface area contributed by atoms with E-state index in [-0.39, 0.29) is 0 Å². The molecule has 11 aromatic rings. The van der Waals surface area contributed by atoms with E-state index in [1.165, 1.54) is 0 Å². The molecule has 4 aromatic heterocycles. The topological polar surface area (TPSA) is 77.8 Å². The molecule has 0 spiro atoms. The minimum Gasteiger partial charge on any atom is -0.456 e. The van der Waals surface area contributed by atoms with Crippen molar-refractivity contribution in [3.05, 3.63) is 170 Å². The highest BCUT2D eigenvalue weighted by molar-refractivity contribution is 6.13. The van der Waals surface area contributed by atoms with Gasteiger partial charge in [-0.2, -0.15) is 0 Å². The molecule has 7 aromatic carbocycles. The molecule has 0 unspecified atom stereocenters. The van der Waals surface area contributed by atoms with Crippen molar-refractivity contribution in [3.8, 4) is 56.4 Å². The molecule has 252 valence electrons. The first-order valence-corrected chi connectivity index (χ1v) is 17.9. The molecule has 0 saturated heterocycles. The second kappa shape index (κ2) is 12.1. The Balaban J connectivity index is 1.06. The maximum Gasteiger partial charge on any atom is 0.227 e. The molecule has 0 aliphatic rings. The predicted octanol–water partition coefficient (Wildman–Crippen LogP) is 12.6. The van der Waals surface area contributed by atoms with E-state index >= 15 is 0 Å². The first-order chi connectivity index (χ1) is 26.8. The van der Waals surface area contributed by atoms with Gasteiger partial charge in [0.1, 0.15) is 16.7 Å². The third kappa shape index (κ3) is 4.81. The van der Waals surface area contributed by atoms with Gasteiger partial charge in [0.05, 0.1) is 0 Å². The molecule has 0 aliphatic heterocycles. The normalized spacial score (nSPS) is 11.7. The smallest absolute Gasteiger partial charge is 0.227 e. The van der Waals surface area contributed by atoms with Crippen LogP contribution in [-0.2, 0) is 0 Å². The van der Waals surface area contributed by atoms with Crippen molar-refractivity contribution in [2.75, 3.05) is 0 Å². The summed E-state index contributed by atoms with van der Waals surface area (Å²) in [6, 6.07) is 56.1. The molecular formula is C48H28N4O2. The van der Waals surface area contributed by atoms with Crippen molar-refractivity contribution in [2.45, 2.75) is 0 Å². The molecule has 6 heteroatoms. The summed E-state index contributed by atoms with van der Waals surface area (Å²) in [5.74, 6) is 1.77. The molecule has 0 fully saturated rings. The van der Waals surface area contributed by atoms with Gasteiger partial charge in [0.25, 0.3) is 0 Å². The number of para-hydroxylation sites is 1. The summed E-state index contributed by atoms with van der Waals surface area (Å²) in [4.78, 5) is 19.8. The number of furan rings is 2. The summed E-state index contributed by atoms with van der Waals surface area (Å²) < 4.78 is 12.3. The number of nitrogens with zero attached hydrogens (tertiary/aromatic N) is 4. The van der Waals surface area contributed by atoms with Gasteiger partial charge in [0, 0.05) is 44.4 Å². The van der Waals surface area contributed by atoms with E-state index in [0.717, 1.165) is 88.0 Å². The van der Waals surface area contributed by atoms with E-state index in [9.17, 15) is 0 Å². The lowest BCUT2D eigenvalue weighted by molar-refractivity contribution is 0.654. The van der Waals surface area contributed by atoms with Crippen LogP contribution in [0.25, 0.3) is 111 Å². The number of fused-ring (bicyclic) bond motifs is 7. The Bertz CT molecular complexity index is 3220. The minimum absolute atomic E-state index is 0.570. The maximum atomic E-state index is 6.18. The largest absolute Gasteiger partial charge is 0.456 e. The fourth-order valence-electron chi connectivity index (χ4n) is 7.77. The van der Waals surface area contributed by atoms with Gasteiger partial charge in [-0.1, -0.05) is 127 Å². The van der Waals surface area contributed by atoms with Crippen LogP contribution in [-0.4, -0.2) is 19.9 Å². The summed E-state index contributed by atoms with van der Waals surface area (Å²) in [7, 11) is 0. The van der Waals surface area contributed by atoms with Gasteiger partial charge in [0.15, 0.2) is 17.5 Å². The quantitative estimate of drug-likeness (QED) is 0.179. The third-order valence-corrected chi connectivity index (χ3v) is 10.3. The molecule has 0 aliphatic carbocycles. The van der Waals surface area contributed by atoms with Crippen LogP contribution in [0.2, 0.25) is 0 Å². The molecule has 6 nitrogen and oxygen atoms in total. The number of benzene rings is 7. The van der Waals surface area contributed by atoms with Crippen LogP contribution in [0, 0.1) is 0 Å². The van der Waals surface area contributed by atoms with Gasteiger partial charge in [-0.15, -0.1) is 0 Å². The SMILES string of the molecule is c1ccc(-c2nc(-c3ccc(-c4ccc(-c5cccc6oc7ccccc7c56)cc4)c4ccccc34)nc(-c3cccc4oc5ncccc5c34)n2)cc1. The van der Waals surface area contributed by atoms with Crippen molar-refractivity contribution in [2.24, 2.45) is 0 Å². The fraction of sp³-hybridized carbons (Fsp3) is 0. The van der Waals surface area contributed by atoms with Crippen molar-refractivity contribution >= 4 is 54.8 Å². The molecule has 0 radical (unpaired) electrons. The van der Waals surface area contributed by atoms with Crippen LogP contribution in [0.3, 0.4) is 0 Å². The van der Waals surface area contributed by atoms with Gasteiger partial charge in [-0.05, 0) is 69.4 Å². The molecule has 0 N–H and O–H groups in total. The van der Waals surface area contributed by atoms with E-state index in [1.54, 1.807) is 6.20 Å². The second-order valence-electron chi connectivity index (χ2n) is 13.4. The average Bonchev–Trinajstić information content (AvgIpc) is 3.82. The van der Waals surface area contributed by atoms with Gasteiger partial charge >= 0.3 is 0 Å². The highest BCUT2D eigenvalue weighted by Gasteiger charge is 2.20. The Morgan fingerprint density at radius 1 is 0.315 bits per heavy atom. The van der Waals surface area contributed by atoms with E-state index in [0.29, 0.717) is 23.2 Å². The minimum atomic E-state index is 0.570. The molecule has 11 rings (SSSR count). The molecular weight excluding hydrogens is 665 g/mol. The Labute approximate surface area is 309 Å². The Morgan fingerprint density at radius 3 is 1.67 bits per heavy atom. The van der Waals surface area contributed by atoms with Crippen LogP contribution < -0.4 is 0 Å². The maximum absolute atomic E-state index is 6.18. The number of hydrogen-bond acceptors (Lipinski definition) is 6. The average molecular weight is 693 g/mol. The molecule has 4 heterocycles. The van der Waals surface area contributed by atoms with Gasteiger partial charge in [0.2, 0.25) is 5.71 Å². The van der Waals surface area contributed by atoms with E-state index < -0.39 is 0 Å². The fourth-order valence-corrected chi connectivity index (χ4v) is 7.77. The lowest BCUT2D eigenvalue weighted by atomic mass is 9.93. The summed E-state index contributed by atoms with van der Waals surface area (Å²) >= 11 is 0. The Kier molecular flexibility index (Phi) is 6.75. The van der Waals surface area contributed by atoms with Crippen LogP contribution in [0.4, 0.5) is 0 Å². The monoisotopic (exact) mass is 692 g/mol. The van der Waals surface area contributed by atoms with Crippen LogP contribution in [0.1, 0.15) is 0 Å². The molecule has 54 heavy (non-hydrogen) atoms. The molecule has 0 atom stereocenters. The Morgan fingerprint density at radius 2 is 0.870 bits per heavy atom. The summed E-state index contributed by atoms with van der Waals surface area (Å²) in [5.41, 5.74) is 10.4.